The number of hydrogen-bond donors (Lipinski definition) is 0. The molecule has 0 fully saturated rings. The predicted octanol–water partition coefficient (Wildman–Crippen LogP) is 2.40. The van der Waals surface area contributed by atoms with Crippen LogP contribution < -0.4 is 0 Å². The van der Waals surface area contributed by atoms with E-state index in [9.17, 15) is 0 Å². The Balaban J connectivity index is 3.21. The molecular weight excluding hydrogens is 174 g/mol. The highest BCUT2D eigenvalue weighted by Crippen LogP contribution is 2.20. The Morgan fingerprint density at radius 3 is 2.57 bits per heavy atom. The Kier molecular flexibility index (Phi) is 2.89. The lowest BCUT2D eigenvalue weighted by Crippen LogP contribution is -2.24. The van der Waals surface area contributed by atoms with Crippen molar-refractivity contribution in [3.8, 4) is 0 Å². The quantitative estimate of drug-likeness (QED) is 0.660. The van der Waals surface area contributed by atoms with Gasteiger partial charge in [-0.05, 0) is 0 Å². The monoisotopic (exact) mass is 191 g/mol. The van der Waals surface area contributed by atoms with Crippen molar-refractivity contribution in [1.82, 2.24) is 9.55 Å². The summed E-state index contributed by atoms with van der Waals surface area (Å²) in [6.45, 7) is 9.97. The smallest absolute Gasteiger partial charge is 0.154 e. The SMILES string of the molecule is C=CN=C(c1nccn1C)C(C)(C)C. The maximum absolute atomic E-state index is 4.30. The van der Waals surface area contributed by atoms with Gasteiger partial charge < -0.3 is 4.57 Å². The lowest BCUT2D eigenvalue weighted by atomic mass is 9.89. The largest absolute Gasteiger partial charge is 0.333 e. The summed E-state index contributed by atoms with van der Waals surface area (Å²) in [5, 5.41) is 0. The zero-order valence-corrected chi connectivity index (χ0v) is 9.28. The molecule has 1 aromatic heterocycles. The normalized spacial score (nSPS) is 13.0. The molecule has 0 aliphatic carbocycles. The number of imidazole rings is 1. The summed E-state index contributed by atoms with van der Waals surface area (Å²) in [5.41, 5.74) is 0.938. The molecule has 0 atom stereocenters. The van der Waals surface area contributed by atoms with Crippen LogP contribution >= 0.6 is 0 Å². The lowest BCUT2D eigenvalue weighted by Gasteiger charge is -2.20. The van der Waals surface area contributed by atoms with Gasteiger partial charge in [0.25, 0.3) is 0 Å². The third-order valence-corrected chi connectivity index (χ3v) is 1.96. The van der Waals surface area contributed by atoms with Crippen molar-refractivity contribution in [2.75, 3.05) is 0 Å². The van der Waals surface area contributed by atoms with Crippen molar-refractivity contribution in [1.29, 1.82) is 0 Å². The average Bonchev–Trinajstić information content (AvgIpc) is 2.45. The van der Waals surface area contributed by atoms with E-state index in [1.54, 1.807) is 12.4 Å². The van der Waals surface area contributed by atoms with Crippen LogP contribution in [0, 0.1) is 5.41 Å². The van der Waals surface area contributed by atoms with Crippen molar-refractivity contribution >= 4 is 5.71 Å². The van der Waals surface area contributed by atoms with Gasteiger partial charge in [-0.15, -0.1) is 0 Å². The van der Waals surface area contributed by atoms with Gasteiger partial charge in [-0.1, -0.05) is 27.4 Å². The molecule has 3 nitrogen and oxygen atoms in total. The molecule has 0 aliphatic rings. The lowest BCUT2D eigenvalue weighted by molar-refractivity contribution is 0.585. The molecule has 0 unspecified atom stereocenters. The van der Waals surface area contributed by atoms with Crippen LogP contribution in [0.25, 0.3) is 0 Å². The Bertz CT molecular complexity index is 353. The molecular formula is C11H17N3. The van der Waals surface area contributed by atoms with Gasteiger partial charge in [0, 0.05) is 31.1 Å². The van der Waals surface area contributed by atoms with Crippen LogP contribution in [-0.4, -0.2) is 15.3 Å². The zero-order chi connectivity index (χ0) is 10.8. The van der Waals surface area contributed by atoms with Crippen LogP contribution in [0.1, 0.15) is 26.6 Å². The van der Waals surface area contributed by atoms with Crippen molar-refractivity contribution < 1.29 is 0 Å². The zero-order valence-electron chi connectivity index (χ0n) is 9.28. The topological polar surface area (TPSA) is 30.2 Å². The van der Waals surface area contributed by atoms with Crippen LogP contribution in [0.15, 0.2) is 30.2 Å². The first kappa shape index (κ1) is 10.7. The molecule has 1 heterocycles. The second kappa shape index (κ2) is 3.78. The minimum atomic E-state index is -0.0205. The maximum atomic E-state index is 4.30. The van der Waals surface area contributed by atoms with Crippen LogP contribution in [0.5, 0.6) is 0 Å². The number of aryl methyl sites for hydroxylation is 1. The minimum Gasteiger partial charge on any atom is -0.333 e. The first-order valence-corrected chi connectivity index (χ1v) is 4.63. The standard InChI is InChI=1S/C11H17N3/c1-6-12-9(11(2,3)4)10-13-7-8-14(10)5/h6-8H,1H2,2-5H3. The minimum absolute atomic E-state index is 0.0205. The second-order valence-corrected chi connectivity index (χ2v) is 4.27. The van der Waals surface area contributed by atoms with E-state index in [4.69, 9.17) is 0 Å². The fourth-order valence-electron chi connectivity index (χ4n) is 1.27. The van der Waals surface area contributed by atoms with Crippen LogP contribution in [0.2, 0.25) is 0 Å². The molecule has 0 saturated heterocycles. The van der Waals surface area contributed by atoms with Gasteiger partial charge in [-0.3, -0.25) is 4.99 Å². The number of aliphatic imine (C=N–C) groups is 1. The van der Waals surface area contributed by atoms with E-state index in [1.165, 1.54) is 0 Å². The third-order valence-electron chi connectivity index (χ3n) is 1.96. The van der Waals surface area contributed by atoms with Gasteiger partial charge in [0.15, 0.2) is 5.82 Å². The van der Waals surface area contributed by atoms with E-state index in [0.29, 0.717) is 0 Å². The van der Waals surface area contributed by atoms with Gasteiger partial charge >= 0.3 is 0 Å². The number of hydrogen-bond acceptors (Lipinski definition) is 2. The first-order chi connectivity index (χ1) is 6.46. The number of aromatic nitrogens is 2. The summed E-state index contributed by atoms with van der Waals surface area (Å²) >= 11 is 0. The van der Waals surface area contributed by atoms with E-state index in [1.807, 2.05) is 17.8 Å². The van der Waals surface area contributed by atoms with Gasteiger partial charge in [-0.25, -0.2) is 4.98 Å². The molecule has 3 heteroatoms. The molecule has 0 amide bonds. The van der Waals surface area contributed by atoms with E-state index in [-0.39, 0.29) is 5.41 Å². The summed E-state index contributed by atoms with van der Waals surface area (Å²) in [6.07, 6.45) is 5.26. The molecule has 0 aromatic carbocycles. The first-order valence-electron chi connectivity index (χ1n) is 4.63. The molecule has 0 aliphatic heterocycles. The molecule has 0 spiro atoms. The Hall–Kier alpha value is -1.38. The number of rotatable bonds is 2. The fraction of sp³-hybridized carbons (Fsp3) is 0.455. The highest BCUT2D eigenvalue weighted by molar-refractivity contribution is 6.01. The summed E-state index contributed by atoms with van der Waals surface area (Å²) in [5.74, 6) is 0.900. The Morgan fingerprint density at radius 2 is 2.21 bits per heavy atom. The Morgan fingerprint density at radius 1 is 1.57 bits per heavy atom. The van der Waals surface area contributed by atoms with E-state index < -0.39 is 0 Å². The molecule has 0 saturated carbocycles. The average molecular weight is 191 g/mol. The molecule has 1 rings (SSSR count). The highest BCUT2D eigenvalue weighted by atomic mass is 15.1. The van der Waals surface area contributed by atoms with Crippen LogP contribution in [0.4, 0.5) is 0 Å². The molecule has 76 valence electrons. The van der Waals surface area contributed by atoms with Crippen molar-refractivity contribution in [3.63, 3.8) is 0 Å². The van der Waals surface area contributed by atoms with Crippen molar-refractivity contribution in [2.45, 2.75) is 20.8 Å². The highest BCUT2D eigenvalue weighted by Gasteiger charge is 2.23. The molecule has 1 aromatic rings. The van der Waals surface area contributed by atoms with Gasteiger partial charge in [-0.2, -0.15) is 0 Å². The molecule has 14 heavy (non-hydrogen) atoms. The Labute approximate surface area is 85.2 Å². The van der Waals surface area contributed by atoms with Gasteiger partial charge in [0.1, 0.15) is 0 Å². The fourth-order valence-corrected chi connectivity index (χ4v) is 1.27. The summed E-state index contributed by atoms with van der Waals surface area (Å²) in [6, 6.07) is 0. The summed E-state index contributed by atoms with van der Waals surface area (Å²) in [4.78, 5) is 8.58. The van der Waals surface area contributed by atoms with Crippen LogP contribution in [-0.2, 0) is 7.05 Å². The van der Waals surface area contributed by atoms with E-state index in [0.717, 1.165) is 11.5 Å². The summed E-state index contributed by atoms with van der Waals surface area (Å²) in [7, 11) is 1.96. The number of nitrogens with zero attached hydrogens (tertiary/aromatic N) is 3. The molecule has 0 bridgehead atoms. The van der Waals surface area contributed by atoms with Crippen molar-refractivity contribution in [2.24, 2.45) is 17.5 Å². The molecule has 0 N–H and O–H groups in total. The van der Waals surface area contributed by atoms with Crippen LogP contribution in [0.3, 0.4) is 0 Å². The summed E-state index contributed by atoms with van der Waals surface area (Å²) < 4.78 is 1.97. The van der Waals surface area contributed by atoms with Gasteiger partial charge in [0.2, 0.25) is 0 Å². The van der Waals surface area contributed by atoms with Gasteiger partial charge in [0.05, 0.1) is 5.71 Å². The molecule has 0 radical (unpaired) electrons. The predicted molar refractivity (Wildman–Crippen MR) is 59.4 cm³/mol. The second-order valence-electron chi connectivity index (χ2n) is 4.27. The maximum Gasteiger partial charge on any atom is 0.154 e. The van der Waals surface area contributed by atoms with Crippen molar-refractivity contribution in [3.05, 3.63) is 31.0 Å². The van der Waals surface area contributed by atoms with E-state index >= 15 is 0 Å². The van der Waals surface area contributed by atoms with E-state index in [2.05, 4.69) is 37.3 Å². The third kappa shape index (κ3) is 2.10.